The van der Waals surface area contributed by atoms with Gasteiger partial charge in [0.1, 0.15) is 6.61 Å². The number of benzene rings is 1. The largest absolute Gasteiger partial charge is 0.490 e. The van der Waals surface area contributed by atoms with E-state index in [9.17, 15) is 31.1 Å². The summed E-state index contributed by atoms with van der Waals surface area (Å²) in [5, 5.41) is 0. The predicted octanol–water partition coefficient (Wildman–Crippen LogP) is 3.31. The molecular weight excluding hydrogens is 266 g/mol. The maximum atomic E-state index is 12.3. The highest BCUT2D eigenvalue weighted by molar-refractivity contribution is 5.75. The van der Waals surface area contributed by atoms with Crippen molar-refractivity contribution in [1.29, 1.82) is 0 Å². The molecule has 0 heterocycles. The van der Waals surface area contributed by atoms with E-state index in [0.29, 0.717) is 6.07 Å². The van der Waals surface area contributed by atoms with Crippen LogP contribution in [0.5, 0.6) is 0 Å². The van der Waals surface area contributed by atoms with Gasteiger partial charge >= 0.3 is 18.3 Å². The molecule has 0 amide bonds. The third kappa shape index (κ3) is 3.94. The molecule has 0 saturated carbocycles. The van der Waals surface area contributed by atoms with Gasteiger partial charge in [-0.2, -0.15) is 26.3 Å². The summed E-state index contributed by atoms with van der Waals surface area (Å²) in [6.45, 7) is -0.873. The summed E-state index contributed by atoms with van der Waals surface area (Å²) in [6.07, 6.45) is -9.77. The van der Waals surface area contributed by atoms with Crippen LogP contribution in [0.25, 0.3) is 0 Å². The highest BCUT2D eigenvalue weighted by Crippen LogP contribution is 2.29. The summed E-state index contributed by atoms with van der Waals surface area (Å²) in [5.41, 5.74) is -1.20. The van der Waals surface area contributed by atoms with Gasteiger partial charge in [-0.05, 0) is 17.7 Å². The number of ether oxygens (including phenoxy) is 1. The minimum atomic E-state index is -5.17. The molecule has 1 aromatic carbocycles. The number of rotatable bonds is 2. The summed E-state index contributed by atoms with van der Waals surface area (Å²) in [7, 11) is 0. The Hall–Kier alpha value is -1.73. The van der Waals surface area contributed by atoms with E-state index in [1.807, 2.05) is 0 Å². The van der Waals surface area contributed by atoms with Crippen LogP contribution in [0.4, 0.5) is 26.3 Å². The van der Waals surface area contributed by atoms with Gasteiger partial charge < -0.3 is 4.74 Å². The molecule has 8 heteroatoms. The summed E-state index contributed by atoms with van der Waals surface area (Å²) in [4.78, 5) is 10.4. The Morgan fingerprint density at radius 2 is 1.72 bits per heavy atom. The number of carbonyl (C=O) groups is 1. The van der Waals surface area contributed by atoms with Crippen molar-refractivity contribution in [1.82, 2.24) is 0 Å². The van der Waals surface area contributed by atoms with Crippen molar-refractivity contribution < 1.29 is 35.9 Å². The lowest BCUT2D eigenvalue weighted by Crippen LogP contribution is -2.25. The molecule has 0 aliphatic carbocycles. The predicted molar refractivity (Wildman–Crippen MR) is 47.3 cm³/mol. The van der Waals surface area contributed by atoms with E-state index in [1.165, 1.54) is 0 Å². The molecule has 0 spiro atoms. The smallest absolute Gasteiger partial charge is 0.454 e. The van der Waals surface area contributed by atoms with Crippen LogP contribution >= 0.6 is 0 Å². The quantitative estimate of drug-likeness (QED) is 0.610. The average Bonchev–Trinajstić information content (AvgIpc) is 2.23. The highest BCUT2D eigenvalue weighted by Gasteiger charge is 2.41. The summed E-state index contributed by atoms with van der Waals surface area (Å²) in [6, 6.07) is 3.51. The zero-order valence-electron chi connectivity index (χ0n) is 8.60. The van der Waals surface area contributed by atoms with Gasteiger partial charge in [0.2, 0.25) is 0 Å². The fourth-order valence-corrected chi connectivity index (χ4v) is 1.07. The standard InChI is InChI=1S/C10H6F6O2/c11-9(12,13)7-3-1-2-6(4-7)5-18-8(17)10(14,15)16/h1-4H,5H2. The molecule has 0 aromatic heterocycles. The Morgan fingerprint density at radius 1 is 1.11 bits per heavy atom. The van der Waals surface area contributed by atoms with Gasteiger partial charge in [0.15, 0.2) is 0 Å². The molecule has 2 nitrogen and oxygen atoms in total. The Kier molecular flexibility index (Phi) is 3.88. The van der Waals surface area contributed by atoms with Crippen molar-refractivity contribution in [2.45, 2.75) is 19.0 Å². The molecule has 0 bridgehead atoms. The van der Waals surface area contributed by atoms with Crippen LogP contribution in [0, 0.1) is 0 Å². The molecule has 18 heavy (non-hydrogen) atoms. The van der Waals surface area contributed by atoms with Gasteiger partial charge in [0.25, 0.3) is 0 Å². The van der Waals surface area contributed by atoms with Gasteiger partial charge in [0, 0.05) is 0 Å². The molecule has 0 N–H and O–H groups in total. The van der Waals surface area contributed by atoms with E-state index >= 15 is 0 Å². The molecule has 0 fully saturated rings. The lowest BCUT2D eigenvalue weighted by molar-refractivity contribution is -0.201. The van der Waals surface area contributed by atoms with Gasteiger partial charge in [-0.15, -0.1) is 0 Å². The number of carbonyl (C=O) groups excluding carboxylic acids is 1. The lowest BCUT2D eigenvalue weighted by Gasteiger charge is -2.10. The number of halogens is 6. The van der Waals surface area contributed by atoms with Gasteiger partial charge in [-0.3, -0.25) is 0 Å². The maximum Gasteiger partial charge on any atom is 0.490 e. The minimum Gasteiger partial charge on any atom is -0.454 e. The Morgan fingerprint density at radius 3 is 2.22 bits per heavy atom. The van der Waals surface area contributed by atoms with Crippen LogP contribution < -0.4 is 0 Å². The van der Waals surface area contributed by atoms with Crippen LogP contribution in [0.2, 0.25) is 0 Å². The monoisotopic (exact) mass is 272 g/mol. The maximum absolute atomic E-state index is 12.3. The highest BCUT2D eigenvalue weighted by atomic mass is 19.4. The number of hydrogen-bond donors (Lipinski definition) is 0. The van der Waals surface area contributed by atoms with E-state index in [-0.39, 0.29) is 5.56 Å². The van der Waals surface area contributed by atoms with Crippen LogP contribution in [-0.2, 0) is 22.3 Å². The Balaban J connectivity index is 2.73. The second kappa shape index (κ2) is 4.87. The molecule has 0 aliphatic rings. The Bertz CT molecular complexity index is 435. The van der Waals surface area contributed by atoms with Crippen LogP contribution in [0.15, 0.2) is 24.3 Å². The van der Waals surface area contributed by atoms with Gasteiger partial charge in [-0.1, -0.05) is 12.1 Å². The van der Waals surface area contributed by atoms with Crippen molar-refractivity contribution >= 4 is 5.97 Å². The number of esters is 1. The van der Waals surface area contributed by atoms with Gasteiger partial charge in [-0.25, -0.2) is 4.79 Å². The van der Waals surface area contributed by atoms with Crippen molar-refractivity contribution in [3.63, 3.8) is 0 Å². The van der Waals surface area contributed by atoms with E-state index in [1.54, 1.807) is 0 Å². The average molecular weight is 272 g/mol. The minimum absolute atomic E-state index is 0.178. The second-order valence-electron chi connectivity index (χ2n) is 3.27. The number of hydrogen-bond acceptors (Lipinski definition) is 2. The Labute approximate surface area is 97.2 Å². The summed E-state index contributed by atoms with van der Waals surface area (Å²) < 4.78 is 75.9. The first-order valence-corrected chi connectivity index (χ1v) is 4.51. The third-order valence-electron chi connectivity index (χ3n) is 1.86. The normalized spacial score (nSPS) is 12.3. The van der Waals surface area contributed by atoms with Crippen molar-refractivity contribution in [2.75, 3.05) is 0 Å². The van der Waals surface area contributed by atoms with Crippen molar-refractivity contribution in [2.24, 2.45) is 0 Å². The fraction of sp³-hybridized carbons (Fsp3) is 0.300. The molecule has 1 aromatic rings. The SMILES string of the molecule is O=C(OCc1cccc(C(F)(F)F)c1)C(F)(F)F. The van der Waals surface area contributed by atoms with E-state index < -0.39 is 30.5 Å². The van der Waals surface area contributed by atoms with Gasteiger partial charge in [0.05, 0.1) is 5.56 Å². The van der Waals surface area contributed by atoms with Crippen molar-refractivity contribution in [3.05, 3.63) is 35.4 Å². The van der Waals surface area contributed by atoms with E-state index in [2.05, 4.69) is 4.74 Å². The third-order valence-corrected chi connectivity index (χ3v) is 1.86. The first kappa shape index (κ1) is 14.3. The first-order valence-electron chi connectivity index (χ1n) is 4.51. The zero-order chi connectivity index (χ0) is 14.0. The van der Waals surface area contributed by atoms with Crippen LogP contribution in [0.1, 0.15) is 11.1 Å². The molecule has 0 atom stereocenters. The molecule has 0 unspecified atom stereocenters. The molecule has 100 valence electrons. The number of alkyl halides is 6. The topological polar surface area (TPSA) is 26.3 Å². The summed E-state index contributed by atoms with van der Waals surface area (Å²) in [5.74, 6) is -2.44. The second-order valence-corrected chi connectivity index (χ2v) is 3.27. The molecule has 0 radical (unpaired) electrons. The molecule has 1 rings (SSSR count). The van der Waals surface area contributed by atoms with Crippen LogP contribution in [0.3, 0.4) is 0 Å². The molecular formula is C10H6F6O2. The summed E-state index contributed by atoms with van der Waals surface area (Å²) >= 11 is 0. The van der Waals surface area contributed by atoms with E-state index in [4.69, 9.17) is 0 Å². The fourth-order valence-electron chi connectivity index (χ4n) is 1.07. The first-order chi connectivity index (χ1) is 8.10. The lowest BCUT2D eigenvalue weighted by atomic mass is 10.1. The molecule has 0 aliphatic heterocycles. The molecule has 0 saturated heterocycles. The van der Waals surface area contributed by atoms with Crippen molar-refractivity contribution in [3.8, 4) is 0 Å². The zero-order valence-corrected chi connectivity index (χ0v) is 8.60. The van der Waals surface area contributed by atoms with E-state index in [0.717, 1.165) is 18.2 Å². The van der Waals surface area contributed by atoms with Crippen LogP contribution in [-0.4, -0.2) is 12.1 Å².